The normalized spacial score (nSPS) is 17.4. The number of aryl methyl sites for hydroxylation is 2. The summed E-state index contributed by atoms with van der Waals surface area (Å²) in [6.07, 6.45) is 5.54. The van der Waals surface area contributed by atoms with Crippen molar-refractivity contribution in [3.63, 3.8) is 0 Å². The molecule has 0 saturated carbocycles. The average molecular weight is 439 g/mol. The van der Waals surface area contributed by atoms with Crippen LogP contribution in [0.15, 0.2) is 41.0 Å². The molecular weight excluding hydrogens is 412 g/mol. The molecule has 5 rings (SSSR count). The molecule has 146 valence electrons. The Kier molecular flexibility index (Phi) is 4.89. The minimum atomic E-state index is 1.04. The van der Waals surface area contributed by atoms with Crippen LogP contribution in [-0.2, 0) is 19.4 Å². The number of piperazine rings is 1. The summed E-state index contributed by atoms with van der Waals surface area (Å²) >= 11 is 3.47. The highest BCUT2D eigenvalue weighted by atomic mass is 79.9. The van der Waals surface area contributed by atoms with Gasteiger partial charge < -0.3 is 9.47 Å². The van der Waals surface area contributed by atoms with Gasteiger partial charge in [-0.05, 0) is 65.4 Å². The van der Waals surface area contributed by atoms with E-state index in [-0.39, 0.29) is 0 Å². The van der Waals surface area contributed by atoms with E-state index in [1.165, 1.54) is 41.5 Å². The largest absolute Gasteiger partial charge is 0.354 e. The van der Waals surface area contributed by atoms with Gasteiger partial charge in [-0.3, -0.25) is 4.90 Å². The Balaban J connectivity index is 1.26. The highest BCUT2D eigenvalue weighted by Gasteiger charge is 2.22. The third-order valence-corrected chi connectivity index (χ3v) is 6.94. The lowest BCUT2D eigenvalue weighted by Crippen LogP contribution is -2.47. The number of rotatable bonds is 4. The SMILES string of the molecule is Cc1c(CCN2CCN(c3ccc(Br)cn3)CC2)c2cccc3c2n1CCC3. The number of aromatic nitrogens is 2. The van der Waals surface area contributed by atoms with Crippen LogP contribution in [0.3, 0.4) is 0 Å². The van der Waals surface area contributed by atoms with Crippen molar-refractivity contribution in [3.8, 4) is 0 Å². The molecule has 0 N–H and O–H groups in total. The summed E-state index contributed by atoms with van der Waals surface area (Å²) in [5, 5.41) is 1.49. The lowest BCUT2D eigenvalue weighted by Gasteiger charge is -2.35. The molecule has 0 aliphatic carbocycles. The Morgan fingerprint density at radius 2 is 1.89 bits per heavy atom. The van der Waals surface area contributed by atoms with Gasteiger partial charge in [0.25, 0.3) is 0 Å². The van der Waals surface area contributed by atoms with Crippen LogP contribution >= 0.6 is 15.9 Å². The minimum Gasteiger partial charge on any atom is -0.354 e. The van der Waals surface area contributed by atoms with Crippen LogP contribution in [0.2, 0.25) is 0 Å². The summed E-state index contributed by atoms with van der Waals surface area (Å²) in [6.45, 7) is 8.98. The number of hydrogen-bond acceptors (Lipinski definition) is 3. The van der Waals surface area contributed by atoms with Gasteiger partial charge in [0, 0.05) is 61.0 Å². The monoisotopic (exact) mass is 438 g/mol. The number of para-hydroxylation sites is 1. The Morgan fingerprint density at radius 3 is 2.68 bits per heavy atom. The third kappa shape index (κ3) is 3.25. The molecular formula is C23H27BrN4. The maximum atomic E-state index is 4.55. The van der Waals surface area contributed by atoms with Gasteiger partial charge in [-0.1, -0.05) is 18.2 Å². The Hall–Kier alpha value is -1.85. The van der Waals surface area contributed by atoms with E-state index in [2.05, 4.69) is 72.5 Å². The number of pyridine rings is 1. The van der Waals surface area contributed by atoms with E-state index >= 15 is 0 Å². The number of halogens is 1. The molecule has 0 unspecified atom stereocenters. The van der Waals surface area contributed by atoms with Crippen molar-refractivity contribution in [3.05, 3.63) is 57.8 Å². The van der Waals surface area contributed by atoms with Crippen molar-refractivity contribution >= 4 is 32.7 Å². The lowest BCUT2D eigenvalue weighted by molar-refractivity contribution is 0.260. The summed E-state index contributed by atoms with van der Waals surface area (Å²) in [4.78, 5) is 9.56. The van der Waals surface area contributed by atoms with Gasteiger partial charge in [-0.2, -0.15) is 0 Å². The zero-order valence-electron chi connectivity index (χ0n) is 16.5. The molecule has 0 spiro atoms. The molecule has 4 nitrogen and oxygen atoms in total. The van der Waals surface area contributed by atoms with E-state index < -0.39 is 0 Å². The zero-order chi connectivity index (χ0) is 19.1. The van der Waals surface area contributed by atoms with Crippen molar-refractivity contribution in [2.45, 2.75) is 32.7 Å². The summed E-state index contributed by atoms with van der Waals surface area (Å²) in [5.41, 5.74) is 6.09. The number of benzene rings is 1. The molecule has 2 aliphatic rings. The van der Waals surface area contributed by atoms with Gasteiger partial charge in [0.15, 0.2) is 0 Å². The van der Waals surface area contributed by atoms with E-state index in [4.69, 9.17) is 0 Å². The van der Waals surface area contributed by atoms with Crippen molar-refractivity contribution < 1.29 is 0 Å². The second kappa shape index (κ2) is 7.53. The van der Waals surface area contributed by atoms with E-state index in [1.54, 1.807) is 5.56 Å². The van der Waals surface area contributed by atoms with E-state index in [9.17, 15) is 0 Å². The molecule has 0 amide bonds. The summed E-state index contributed by atoms with van der Waals surface area (Å²) in [6, 6.07) is 11.1. The minimum absolute atomic E-state index is 1.04. The van der Waals surface area contributed by atoms with E-state index in [0.29, 0.717) is 0 Å². The predicted octanol–water partition coefficient (Wildman–Crippen LogP) is 4.42. The van der Waals surface area contributed by atoms with Gasteiger partial charge in [0.2, 0.25) is 0 Å². The van der Waals surface area contributed by atoms with E-state index in [0.717, 1.165) is 49.4 Å². The van der Waals surface area contributed by atoms with Crippen molar-refractivity contribution in [2.24, 2.45) is 0 Å². The first-order valence-corrected chi connectivity index (χ1v) is 11.2. The van der Waals surface area contributed by atoms with Crippen molar-refractivity contribution in [1.29, 1.82) is 0 Å². The van der Waals surface area contributed by atoms with Crippen LogP contribution in [0, 0.1) is 6.92 Å². The highest BCUT2D eigenvalue weighted by molar-refractivity contribution is 9.10. The maximum Gasteiger partial charge on any atom is 0.128 e. The molecule has 1 aromatic carbocycles. The van der Waals surface area contributed by atoms with Crippen LogP contribution in [0.4, 0.5) is 5.82 Å². The second-order valence-electron chi connectivity index (χ2n) is 8.05. The van der Waals surface area contributed by atoms with Crippen LogP contribution in [0.25, 0.3) is 10.9 Å². The maximum absolute atomic E-state index is 4.55. The van der Waals surface area contributed by atoms with Gasteiger partial charge in [-0.15, -0.1) is 0 Å². The van der Waals surface area contributed by atoms with Crippen molar-refractivity contribution in [1.82, 2.24) is 14.5 Å². The highest BCUT2D eigenvalue weighted by Crippen LogP contribution is 2.33. The molecule has 0 radical (unpaired) electrons. The molecule has 5 heteroatoms. The number of nitrogens with zero attached hydrogens (tertiary/aromatic N) is 4. The lowest BCUT2D eigenvalue weighted by atomic mass is 10.0. The van der Waals surface area contributed by atoms with Crippen LogP contribution in [-0.4, -0.2) is 47.2 Å². The fourth-order valence-corrected chi connectivity index (χ4v) is 5.16. The molecule has 0 bridgehead atoms. The molecule has 2 aromatic heterocycles. The average Bonchev–Trinajstić information content (AvgIpc) is 3.01. The summed E-state index contributed by atoms with van der Waals surface area (Å²) in [5.74, 6) is 1.09. The first kappa shape index (κ1) is 18.2. The third-order valence-electron chi connectivity index (χ3n) is 6.47. The number of hydrogen-bond donors (Lipinski definition) is 0. The van der Waals surface area contributed by atoms with Crippen LogP contribution in [0.5, 0.6) is 0 Å². The Labute approximate surface area is 175 Å². The predicted molar refractivity (Wildman–Crippen MR) is 119 cm³/mol. The fraction of sp³-hybridized carbons (Fsp3) is 0.435. The second-order valence-corrected chi connectivity index (χ2v) is 8.96. The van der Waals surface area contributed by atoms with Crippen LogP contribution in [0.1, 0.15) is 23.2 Å². The molecule has 2 aliphatic heterocycles. The van der Waals surface area contributed by atoms with Crippen LogP contribution < -0.4 is 4.90 Å². The van der Waals surface area contributed by atoms with Gasteiger partial charge >= 0.3 is 0 Å². The molecule has 1 fully saturated rings. The molecule has 28 heavy (non-hydrogen) atoms. The van der Waals surface area contributed by atoms with Crippen molar-refractivity contribution in [2.75, 3.05) is 37.6 Å². The molecule has 1 saturated heterocycles. The standard InChI is InChI=1S/C23H27BrN4/c1-17-20(21-6-2-4-18-5-3-10-28(17)23(18)21)9-11-26-12-14-27(15-13-26)22-8-7-19(24)16-25-22/h2,4,6-8,16H,3,5,9-15H2,1H3. The number of anilines is 1. The summed E-state index contributed by atoms with van der Waals surface area (Å²) < 4.78 is 3.61. The molecule has 3 aromatic rings. The fourth-order valence-electron chi connectivity index (χ4n) is 4.93. The van der Waals surface area contributed by atoms with Gasteiger partial charge in [0.1, 0.15) is 5.82 Å². The van der Waals surface area contributed by atoms with Gasteiger partial charge in [0.05, 0.1) is 5.52 Å². The quantitative estimate of drug-likeness (QED) is 0.602. The topological polar surface area (TPSA) is 24.3 Å². The first-order chi connectivity index (χ1) is 13.7. The smallest absolute Gasteiger partial charge is 0.128 e. The molecule has 4 heterocycles. The first-order valence-electron chi connectivity index (χ1n) is 10.4. The molecule has 0 atom stereocenters. The van der Waals surface area contributed by atoms with E-state index in [1.807, 2.05) is 6.20 Å². The zero-order valence-corrected chi connectivity index (χ0v) is 18.1. The summed E-state index contributed by atoms with van der Waals surface area (Å²) in [7, 11) is 0. The Bertz CT molecular complexity index is 984. The van der Waals surface area contributed by atoms with Gasteiger partial charge in [-0.25, -0.2) is 4.98 Å². The Morgan fingerprint density at radius 1 is 1.04 bits per heavy atom.